The molecule has 12 nitrogen and oxygen atoms in total. The molecule has 3 heterocycles. The summed E-state index contributed by atoms with van der Waals surface area (Å²) in [7, 11) is 3.59. The largest absolute Gasteiger partial charge is 0.382 e. The third-order valence-corrected chi connectivity index (χ3v) is 3.08. The van der Waals surface area contributed by atoms with Gasteiger partial charge in [0.05, 0.1) is 10.4 Å². The molecule has 1 aromatic rings. The summed E-state index contributed by atoms with van der Waals surface area (Å²) in [6, 6.07) is 0. The maximum atomic E-state index is 5.93. The van der Waals surface area contributed by atoms with Crippen LogP contribution < -0.4 is 32.8 Å². The highest BCUT2D eigenvalue weighted by molar-refractivity contribution is 5.55. The number of rotatable bonds is 0. The molecule has 2 aliphatic rings. The second kappa shape index (κ2) is 6.20. The third kappa shape index (κ3) is 3.06. The Hall–Kier alpha value is -3.70. The van der Waals surface area contributed by atoms with E-state index in [1.165, 1.54) is 12.7 Å². The average molecular weight is 328 g/mol. The van der Waals surface area contributed by atoms with E-state index in [0.717, 1.165) is 0 Å². The van der Waals surface area contributed by atoms with Gasteiger partial charge >= 0.3 is 0 Å². The lowest BCUT2D eigenvalue weighted by molar-refractivity contribution is 0.612. The minimum absolute atomic E-state index is 0.183. The van der Waals surface area contributed by atoms with Crippen LogP contribution in [0.5, 0.6) is 0 Å². The maximum Gasteiger partial charge on any atom is 0.159 e. The molecule has 124 valence electrons. The van der Waals surface area contributed by atoms with Crippen molar-refractivity contribution in [2.75, 3.05) is 36.4 Å². The predicted molar refractivity (Wildman–Crippen MR) is 88.2 cm³/mol. The molecule has 3 rings (SSSR count). The molecule has 0 saturated heterocycles. The highest BCUT2D eigenvalue weighted by Gasteiger charge is 2.09. The van der Waals surface area contributed by atoms with Gasteiger partial charge in [0, 0.05) is 26.5 Å². The second-order valence-corrected chi connectivity index (χ2v) is 4.92. The molecule has 0 radical (unpaired) electrons. The number of hydrazine groups is 2. The third-order valence-electron chi connectivity index (χ3n) is 3.08. The molecule has 2 aliphatic heterocycles. The fourth-order valence-electron chi connectivity index (χ4n) is 2.05. The van der Waals surface area contributed by atoms with E-state index in [4.69, 9.17) is 11.5 Å². The van der Waals surface area contributed by atoms with Crippen molar-refractivity contribution in [2.45, 2.75) is 0 Å². The molecule has 0 atom stereocenters. The number of nitrogens with two attached hydrogens (primary N) is 2. The number of hydrogen-bond donors (Lipinski definition) is 4. The molecule has 1 aromatic heterocycles. The molecule has 0 fully saturated rings. The molecular formula is C12H16N12. The number of nitrogen functional groups attached to an aromatic ring is 2. The van der Waals surface area contributed by atoms with E-state index in [1.54, 1.807) is 36.5 Å². The van der Waals surface area contributed by atoms with Crippen LogP contribution in [0.25, 0.3) is 12.4 Å². The van der Waals surface area contributed by atoms with Crippen LogP contribution in [0, 0.1) is 0 Å². The molecule has 0 bridgehead atoms. The van der Waals surface area contributed by atoms with Gasteiger partial charge in [-0.05, 0) is 0 Å². The number of hydrogen-bond acceptors (Lipinski definition) is 12. The zero-order valence-electron chi connectivity index (χ0n) is 13.0. The molecule has 12 heteroatoms. The number of anilines is 4. The Morgan fingerprint density at radius 1 is 0.792 bits per heavy atom. The van der Waals surface area contributed by atoms with Crippen LogP contribution in [0.3, 0.4) is 0 Å². The minimum Gasteiger partial charge on any atom is -0.382 e. The summed E-state index contributed by atoms with van der Waals surface area (Å²) in [6.45, 7) is 0. The van der Waals surface area contributed by atoms with E-state index in [0.29, 0.717) is 22.1 Å². The fraction of sp³-hybridized carbons (Fsp3) is 0.167. The van der Waals surface area contributed by atoms with Crippen LogP contribution in [0.2, 0.25) is 0 Å². The van der Waals surface area contributed by atoms with Gasteiger partial charge in [0.15, 0.2) is 23.3 Å². The van der Waals surface area contributed by atoms with E-state index in [1.807, 2.05) is 0 Å². The van der Waals surface area contributed by atoms with Crippen LogP contribution in [-0.4, -0.2) is 54.5 Å². The Labute approximate surface area is 136 Å². The van der Waals surface area contributed by atoms with Crippen molar-refractivity contribution in [3.63, 3.8) is 0 Å². The smallest absolute Gasteiger partial charge is 0.159 e. The first-order valence-corrected chi connectivity index (χ1v) is 6.84. The summed E-state index contributed by atoms with van der Waals surface area (Å²) in [4.78, 5) is 8.32. The van der Waals surface area contributed by atoms with E-state index in [9.17, 15) is 0 Å². The maximum absolute atomic E-state index is 5.93. The normalized spacial score (nSPS) is 13.2. The van der Waals surface area contributed by atoms with Crippen LogP contribution in [0.1, 0.15) is 0 Å². The second-order valence-electron chi connectivity index (χ2n) is 4.92. The van der Waals surface area contributed by atoms with Gasteiger partial charge in [0.1, 0.15) is 12.7 Å². The average Bonchev–Trinajstić information content (AvgIpc) is 3.09. The van der Waals surface area contributed by atoms with Gasteiger partial charge in [-0.15, -0.1) is 20.4 Å². The Kier molecular flexibility index (Phi) is 3.93. The van der Waals surface area contributed by atoms with Crippen molar-refractivity contribution in [3.05, 3.63) is 23.1 Å². The highest BCUT2D eigenvalue weighted by atomic mass is 15.5. The van der Waals surface area contributed by atoms with Crippen LogP contribution >= 0.6 is 0 Å². The van der Waals surface area contributed by atoms with E-state index in [2.05, 4.69) is 41.2 Å². The predicted octanol–water partition coefficient (Wildman–Crippen LogP) is -2.51. The molecule has 0 amide bonds. The van der Waals surface area contributed by atoms with Crippen LogP contribution in [-0.2, 0) is 0 Å². The number of fused-ring (bicyclic) bond motifs is 2. The van der Waals surface area contributed by atoms with Gasteiger partial charge in [-0.2, -0.15) is 0 Å². The molecule has 24 heavy (non-hydrogen) atoms. The van der Waals surface area contributed by atoms with E-state index < -0.39 is 0 Å². The SMILES string of the molecule is CN1C=c2c(N)nncnc3c(c(N)nncnc2N1)=CN(C)N3. The Bertz CT molecular complexity index is 820. The molecule has 6 N–H and O–H groups in total. The fourth-order valence-corrected chi connectivity index (χ4v) is 2.05. The van der Waals surface area contributed by atoms with Gasteiger partial charge in [0.2, 0.25) is 0 Å². The van der Waals surface area contributed by atoms with Crippen molar-refractivity contribution in [1.82, 2.24) is 40.4 Å². The quantitative estimate of drug-likeness (QED) is 0.396. The van der Waals surface area contributed by atoms with Gasteiger partial charge in [0.25, 0.3) is 0 Å². The topological polar surface area (TPSA) is 160 Å². The first kappa shape index (κ1) is 15.2. The zero-order chi connectivity index (χ0) is 17.1. The molecule has 0 aromatic carbocycles. The summed E-state index contributed by atoms with van der Waals surface area (Å²) in [5, 5.41) is 20.0. The molecule has 0 unspecified atom stereocenters. The van der Waals surface area contributed by atoms with Gasteiger partial charge in [-0.1, -0.05) is 0 Å². The monoisotopic (exact) mass is 328 g/mol. The number of nitrogens with one attached hydrogen (secondary N) is 2. The van der Waals surface area contributed by atoms with Crippen molar-refractivity contribution in [1.29, 1.82) is 0 Å². The molecular weight excluding hydrogens is 312 g/mol. The van der Waals surface area contributed by atoms with Crippen LogP contribution in [0.4, 0.5) is 23.3 Å². The number of nitrogens with zero attached hydrogens (tertiary/aromatic N) is 8. The van der Waals surface area contributed by atoms with E-state index >= 15 is 0 Å². The van der Waals surface area contributed by atoms with Crippen LogP contribution in [0.15, 0.2) is 12.7 Å². The molecule has 0 aliphatic carbocycles. The Morgan fingerprint density at radius 3 is 1.62 bits per heavy atom. The Morgan fingerprint density at radius 2 is 1.21 bits per heavy atom. The van der Waals surface area contributed by atoms with Crippen molar-refractivity contribution in [3.8, 4) is 0 Å². The van der Waals surface area contributed by atoms with Gasteiger partial charge in [-0.3, -0.25) is 20.9 Å². The molecule has 0 spiro atoms. The van der Waals surface area contributed by atoms with Crippen molar-refractivity contribution >= 4 is 35.7 Å². The Balaban J connectivity index is 2.26. The van der Waals surface area contributed by atoms with Gasteiger partial charge in [-0.25, -0.2) is 9.97 Å². The lowest BCUT2D eigenvalue weighted by Crippen LogP contribution is -2.14. The number of aromatic nitrogens is 6. The molecule has 0 saturated carbocycles. The van der Waals surface area contributed by atoms with E-state index in [-0.39, 0.29) is 11.6 Å². The lowest BCUT2D eigenvalue weighted by atomic mass is 10.4. The summed E-state index contributed by atoms with van der Waals surface area (Å²) in [6.07, 6.45) is 5.97. The minimum atomic E-state index is 0.183. The first-order chi connectivity index (χ1) is 11.5. The van der Waals surface area contributed by atoms with Crippen molar-refractivity contribution in [2.24, 2.45) is 0 Å². The summed E-state index contributed by atoms with van der Waals surface area (Å²) >= 11 is 0. The zero-order valence-corrected chi connectivity index (χ0v) is 13.0. The lowest BCUT2D eigenvalue weighted by Gasteiger charge is -2.07. The van der Waals surface area contributed by atoms with Crippen molar-refractivity contribution < 1.29 is 0 Å². The summed E-state index contributed by atoms with van der Waals surface area (Å²) < 4.78 is 0. The summed E-state index contributed by atoms with van der Waals surface area (Å²) in [5.41, 5.74) is 17.8. The first-order valence-electron chi connectivity index (χ1n) is 6.84. The standard InChI is InChI=1S/C12H16N12/c1-23-3-7-9(13)19-18-6-16-12-8(4-24(2)22-12)10(14)20-17-5-15-11(7)21-23/h3-6H,1-2H3,(H2,13,19)(H2,14,20)(H,15,17,21)(H,16,18,22). The highest BCUT2D eigenvalue weighted by Crippen LogP contribution is 2.03. The summed E-state index contributed by atoms with van der Waals surface area (Å²) in [5.74, 6) is 1.30. The van der Waals surface area contributed by atoms with Gasteiger partial charge < -0.3 is 11.5 Å².